The number of rotatable bonds is 5. The minimum absolute atomic E-state index is 0.0914. The number of likely N-dealkylation sites (tertiary alicyclic amines) is 1. The van der Waals surface area contributed by atoms with Gasteiger partial charge in [-0.3, -0.25) is 4.90 Å². The third kappa shape index (κ3) is 5.84. The van der Waals surface area contributed by atoms with Crippen molar-refractivity contribution in [3.05, 3.63) is 35.9 Å². The highest BCUT2D eigenvalue weighted by Gasteiger charge is 2.33. The molecule has 0 bridgehead atoms. The Morgan fingerprint density at radius 1 is 1.30 bits per heavy atom. The molecule has 5 heteroatoms. The number of carbonyl (C=O) groups excluding carboxylic acids is 1. The number of nitrogens with zero attached hydrogens (tertiary/aromatic N) is 1. The molecular weight excluding hydrogens is 292 g/mol. The van der Waals surface area contributed by atoms with Gasteiger partial charge in [0.1, 0.15) is 5.60 Å². The van der Waals surface area contributed by atoms with Gasteiger partial charge in [0.2, 0.25) is 0 Å². The maximum atomic E-state index is 12.0. The maximum Gasteiger partial charge on any atom is 0.407 e. The van der Waals surface area contributed by atoms with Crippen LogP contribution in [-0.2, 0) is 16.0 Å². The van der Waals surface area contributed by atoms with Crippen molar-refractivity contribution in [2.45, 2.75) is 51.4 Å². The number of benzene rings is 1. The molecule has 0 spiro atoms. The summed E-state index contributed by atoms with van der Waals surface area (Å²) in [6.45, 7) is 7.95. The maximum absolute atomic E-state index is 12.0. The molecule has 0 aliphatic carbocycles. The minimum Gasteiger partial charge on any atom is -0.444 e. The van der Waals surface area contributed by atoms with Crippen LogP contribution < -0.4 is 5.32 Å². The molecule has 23 heavy (non-hydrogen) atoms. The largest absolute Gasteiger partial charge is 0.444 e. The van der Waals surface area contributed by atoms with E-state index in [0.29, 0.717) is 12.6 Å². The average molecular weight is 320 g/mol. The topological polar surface area (TPSA) is 50.8 Å². The first-order chi connectivity index (χ1) is 10.9. The molecule has 1 aliphatic heterocycles. The summed E-state index contributed by atoms with van der Waals surface area (Å²) in [5.41, 5.74) is 0.796. The van der Waals surface area contributed by atoms with Crippen LogP contribution in [0.15, 0.2) is 30.3 Å². The van der Waals surface area contributed by atoms with Crippen molar-refractivity contribution in [2.75, 3.05) is 20.3 Å². The molecule has 0 saturated carbocycles. The highest BCUT2D eigenvalue weighted by molar-refractivity contribution is 5.68. The molecule has 1 aromatic carbocycles. The fourth-order valence-electron chi connectivity index (χ4n) is 2.94. The second kappa shape index (κ2) is 7.79. The Morgan fingerprint density at radius 3 is 2.61 bits per heavy atom. The predicted molar refractivity (Wildman–Crippen MR) is 90.3 cm³/mol. The van der Waals surface area contributed by atoms with Crippen LogP contribution in [-0.4, -0.2) is 48.9 Å². The van der Waals surface area contributed by atoms with Gasteiger partial charge in [-0.25, -0.2) is 4.79 Å². The number of hydrogen-bond acceptors (Lipinski definition) is 4. The van der Waals surface area contributed by atoms with Crippen LogP contribution in [0.3, 0.4) is 0 Å². The summed E-state index contributed by atoms with van der Waals surface area (Å²) in [6.07, 6.45) is 0.528. The Balaban J connectivity index is 1.93. The molecule has 1 fully saturated rings. The lowest BCUT2D eigenvalue weighted by Crippen LogP contribution is -2.40. The number of carbonyl (C=O) groups is 1. The van der Waals surface area contributed by atoms with Gasteiger partial charge < -0.3 is 14.8 Å². The van der Waals surface area contributed by atoms with Crippen LogP contribution in [0.5, 0.6) is 0 Å². The first kappa shape index (κ1) is 17.8. The molecule has 1 heterocycles. The van der Waals surface area contributed by atoms with Gasteiger partial charge in [-0.2, -0.15) is 0 Å². The van der Waals surface area contributed by atoms with Gasteiger partial charge in [0.15, 0.2) is 0 Å². The van der Waals surface area contributed by atoms with Gasteiger partial charge in [0, 0.05) is 32.3 Å². The van der Waals surface area contributed by atoms with Crippen LogP contribution in [0.25, 0.3) is 0 Å². The zero-order valence-corrected chi connectivity index (χ0v) is 14.5. The number of nitrogens with one attached hydrogen (secondary N) is 1. The number of methoxy groups -OCH3 is 1. The first-order valence-corrected chi connectivity index (χ1v) is 8.14. The Bertz CT molecular complexity index is 499. The Morgan fingerprint density at radius 2 is 2.00 bits per heavy atom. The van der Waals surface area contributed by atoms with Crippen molar-refractivity contribution < 1.29 is 14.3 Å². The van der Waals surface area contributed by atoms with Gasteiger partial charge in [0.05, 0.1) is 6.61 Å². The van der Waals surface area contributed by atoms with E-state index in [4.69, 9.17) is 9.47 Å². The van der Waals surface area contributed by atoms with E-state index in [2.05, 4.69) is 22.3 Å². The van der Waals surface area contributed by atoms with Crippen LogP contribution in [0.2, 0.25) is 0 Å². The number of hydrogen-bond donors (Lipinski definition) is 1. The van der Waals surface area contributed by atoms with E-state index in [-0.39, 0.29) is 12.1 Å². The molecule has 1 N–H and O–H groups in total. The van der Waals surface area contributed by atoms with Crippen molar-refractivity contribution >= 4 is 6.09 Å². The number of ether oxygens (including phenoxy) is 2. The lowest BCUT2D eigenvalue weighted by atomic mass is 10.1. The number of amides is 1. The minimum atomic E-state index is -0.474. The summed E-state index contributed by atoms with van der Waals surface area (Å²) in [6, 6.07) is 10.8. The molecule has 128 valence electrons. The van der Waals surface area contributed by atoms with Crippen LogP contribution in [0.4, 0.5) is 4.79 Å². The van der Waals surface area contributed by atoms with E-state index in [1.54, 1.807) is 7.11 Å². The molecule has 2 rings (SSSR count). The van der Waals surface area contributed by atoms with Crippen molar-refractivity contribution in [1.29, 1.82) is 0 Å². The Labute approximate surface area is 139 Å². The second-order valence-corrected chi connectivity index (χ2v) is 7.10. The van der Waals surface area contributed by atoms with Gasteiger partial charge >= 0.3 is 6.09 Å². The summed E-state index contributed by atoms with van der Waals surface area (Å²) in [5, 5.41) is 2.98. The zero-order valence-electron chi connectivity index (χ0n) is 14.5. The molecule has 0 unspecified atom stereocenters. The third-order valence-electron chi connectivity index (χ3n) is 3.84. The van der Waals surface area contributed by atoms with E-state index in [1.807, 2.05) is 39.0 Å². The first-order valence-electron chi connectivity index (χ1n) is 8.14. The van der Waals surface area contributed by atoms with Gasteiger partial charge in [-0.15, -0.1) is 0 Å². The smallest absolute Gasteiger partial charge is 0.407 e. The fraction of sp³-hybridized carbons (Fsp3) is 0.611. The Hall–Kier alpha value is -1.59. The highest BCUT2D eigenvalue weighted by Crippen LogP contribution is 2.21. The van der Waals surface area contributed by atoms with Crippen LogP contribution >= 0.6 is 0 Å². The molecule has 2 atom stereocenters. The number of alkyl carbamates (subject to hydrolysis) is 1. The van der Waals surface area contributed by atoms with Crippen LogP contribution in [0.1, 0.15) is 32.8 Å². The van der Waals surface area contributed by atoms with E-state index in [1.165, 1.54) is 5.56 Å². The van der Waals surface area contributed by atoms with Crippen molar-refractivity contribution in [1.82, 2.24) is 10.2 Å². The normalized spacial score (nSPS) is 22.1. The monoisotopic (exact) mass is 320 g/mol. The van der Waals surface area contributed by atoms with E-state index in [9.17, 15) is 4.79 Å². The molecule has 0 radical (unpaired) electrons. The van der Waals surface area contributed by atoms with Crippen molar-refractivity contribution in [2.24, 2.45) is 0 Å². The molecule has 1 aromatic rings. The summed E-state index contributed by atoms with van der Waals surface area (Å²) in [7, 11) is 1.72. The van der Waals surface area contributed by atoms with Crippen LogP contribution in [0, 0.1) is 0 Å². The SMILES string of the molecule is COC[C@H]1C[C@H](NC(=O)OC(C)(C)C)CN1Cc1ccccc1. The summed E-state index contributed by atoms with van der Waals surface area (Å²) in [5.74, 6) is 0. The van der Waals surface area contributed by atoms with Crippen molar-refractivity contribution in [3.63, 3.8) is 0 Å². The second-order valence-electron chi connectivity index (χ2n) is 7.10. The molecule has 1 aliphatic rings. The molecule has 5 nitrogen and oxygen atoms in total. The fourth-order valence-corrected chi connectivity index (χ4v) is 2.94. The average Bonchev–Trinajstić information content (AvgIpc) is 2.79. The lowest BCUT2D eigenvalue weighted by Gasteiger charge is -2.23. The third-order valence-corrected chi connectivity index (χ3v) is 3.84. The standard InChI is InChI=1S/C18H28N2O3/c1-18(2,3)23-17(21)19-15-10-16(13-22-4)20(12-15)11-14-8-6-5-7-9-14/h5-9,15-16H,10-13H2,1-4H3,(H,19,21)/t15-,16+/m0/s1. The quantitative estimate of drug-likeness (QED) is 0.906. The zero-order chi connectivity index (χ0) is 16.9. The van der Waals surface area contributed by atoms with E-state index >= 15 is 0 Å². The summed E-state index contributed by atoms with van der Waals surface area (Å²) >= 11 is 0. The molecule has 0 aromatic heterocycles. The van der Waals surface area contributed by atoms with Gasteiger partial charge in [-0.05, 0) is 32.8 Å². The molecule has 1 amide bonds. The van der Waals surface area contributed by atoms with Gasteiger partial charge in [-0.1, -0.05) is 30.3 Å². The highest BCUT2D eigenvalue weighted by atomic mass is 16.6. The summed E-state index contributed by atoms with van der Waals surface area (Å²) < 4.78 is 10.7. The molecule has 1 saturated heterocycles. The van der Waals surface area contributed by atoms with E-state index < -0.39 is 5.60 Å². The lowest BCUT2D eigenvalue weighted by molar-refractivity contribution is 0.0505. The predicted octanol–water partition coefficient (Wildman–Crippen LogP) is 2.80. The van der Waals surface area contributed by atoms with Gasteiger partial charge in [0.25, 0.3) is 0 Å². The van der Waals surface area contributed by atoms with Crippen molar-refractivity contribution in [3.8, 4) is 0 Å². The molecular formula is C18H28N2O3. The Kier molecular flexibility index (Phi) is 6.02. The van der Waals surface area contributed by atoms with E-state index in [0.717, 1.165) is 19.5 Å². The summed E-state index contributed by atoms with van der Waals surface area (Å²) in [4.78, 5) is 14.3.